The van der Waals surface area contributed by atoms with Crippen molar-refractivity contribution in [2.45, 2.75) is 6.42 Å². The Bertz CT molecular complexity index is 1380. The number of imide groups is 1. The molecule has 0 saturated heterocycles. The van der Waals surface area contributed by atoms with Crippen LogP contribution in [0.3, 0.4) is 0 Å². The van der Waals surface area contributed by atoms with Crippen molar-refractivity contribution in [3.05, 3.63) is 106 Å². The summed E-state index contributed by atoms with van der Waals surface area (Å²) in [5.41, 5.74) is 1.42. The maximum atomic E-state index is 13.4. The Hall–Kier alpha value is -4.13. The molecular weight excluding hydrogens is 397 g/mol. The van der Waals surface area contributed by atoms with Gasteiger partial charge in [-0.3, -0.25) is 23.9 Å². The molecule has 5 rings (SSSR count). The van der Waals surface area contributed by atoms with Gasteiger partial charge < -0.3 is 0 Å². The molecule has 3 aromatic carbocycles. The van der Waals surface area contributed by atoms with Gasteiger partial charge >= 0.3 is 0 Å². The van der Waals surface area contributed by atoms with E-state index < -0.39 is 5.82 Å². The van der Waals surface area contributed by atoms with Crippen LogP contribution in [0.15, 0.2) is 77.6 Å². The van der Waals surface area contributed by atoms with Crippen LogP contribution in [0.25, 0.3) is 16.6 Å². The number of rotatable bonds is 4. The van der Waals surface area contributed by atoms with E-state index in [1.807, 2.05) is 0 Å². The lowest BCUT2D eigenvalue weighted by molar-refractivity contribution is 0.0655. The summed E-state index contributed by atoms with van der Waals surface area (Å²) >= 11 is 0. The molecule has 1 aromatic heterocycles. The summed E-state index contributed by atoms with van der Waals surface area (Å²) in [6, 6.07) is 19.2. The Morgan fingerprint density at radius 3 is 2.06 bits per heavy atom. The standard InChI is InChI=1S/C24H16FN3O3/c25-15-9-11-16(12-10-15)28-21(26-20-8-4-3-7-19(20)24(28)31)13-14-27-22(29)17-5-1-2-6-18(17)23(27)30/h1-12H,13-14H2. The summed E-state index contributed by atoms with van der Waals surface area (Å²) in [6.45, 7) is 0.0678. The molecule has 0 aliphatic carbocycles. The third-order valence-corrected chi connectivity index (χ3v) is 5.37. The second-order valence-electron chi connectivity index (χ2n) is 7.22. The number of amides is 2. The zero-order valence-electron chi connectivity index (χ0n) is 16.3. The van der Waals surface area contributed by atoms with Gasteiger partial charge in [0, 0.05) is 13.0 Å². The number of carbonyl (C=O) groups is 2. The van der Waals surface area contributed by atoms with Crippen LogP contribution in [0.4, 0.5) is 4.39 Å². The van der Waals surface area contributed by atoms with Crippen LogP contribution in [0.5, 0.6) is 0 Å². The van der Waals surface area contributed by atoms with Crippen molar-refractivity contribution in [3.63, 3.8) is 0 Å². The Morgan fingerprint density at radius 1 is 0.774 bits per heavy atom. The Balaban J connectivity index is 1.56. The Kier molecular flexibility index (Phi) is 4.43. The second kappa shape index (κ2) is 7.28. The van der Waals surface area contributed by atoms with E-state index in [1.54, 1.807) is 48.5 Å². The van der Waals surface area contributed by atoms with Gasteiger partial charge in [-0.05, 0) is 48.5 Å². The van der Waals surface area contributed by atoms with Crippen molar-refractivity contribution in [2.24, 2.45) is 0 Å². The fourth-order valence-corrected chi connectivity index (χ4v) is 3.86. The number of para-hydroxylation sites is 1. The molecule has 2 amide bonds. The van der Waals surface area contributed by atoms with Crippen molar-refractivity contribution in [1.82, 2.24) is 14.5 Å². The minimum absolute atomic E-state index is 0.0678. The summed E-state index contributed by atoms with van der Waals surface area (Å²) in [5, 5.41) is 0.427. The molecule has 152 valence electrons. The van der Waals surface area contributed by atoms with Gasteiger partial charge in [0.1, 0.15) is 11.6 Å². The van der Waals surface area contributed by atoms with Crippen molar-refractivity contribution >= 4 is 22.7 Å². The predicted octanol–water partition coefficient (Wildman–Crippen LogP) is 3.36. The molecule has 0 spiro atoms. The summed E-state index contributed by atoms with van der Waals surface area (Å²) in [6.07, 6.45) is 0.170. The number of halogens is 1. The van der Waals surface area contributed by atoms with Gasteiger partial charge in [0.15, 0.2) is 0 Å². The van der Waals surface area contributed by atoms with Crippen molar-refractivity contribution in [1.29, 1.82) is 0 Å². The van der Waals surface area contributed by atoms with E-state index in [-0.39, 0.29) is 30.3 Å². The van der Waals surface area contributed by atoms with Crippen LogP contribution >= 0.6 is 0 Å². The molecule has 0 saturated carbocycles. The SMILES string of the molecule is O=C1c2ccccc2C(=O)N1CCc1nc2ccccc2c(=O)n1-c1ccc(F)cc1. The predicted molar refractivity (Wildman–Crippen MR) is 113 cm³/mol. The zero-order valence-corrected chi connectivity index (χ0v) is 16.3. The Morgan fingerprint density at radius 2 is 1.39 bits per heavy atom. The van der Waals surface area contributed by atoms with E-state index in [0.29, 0.717) is 33.5 Å². The largest absolute Gasteiger partial charge is 0.274 e. The maximum absolute atomic E-state index is 13.4. The third kappa shape index (κ3) is 3.11. The van der Waals surface area contributed by atoms with Gasteiger partial charge in [-0.25, -0.2) is 9.37 Å². The first-order valence-corrected chi connectivity index (χ1v) is 9.76. The highest BCUT2D eigenvalue weighted by Gasteiger charge is 2.34. The van der Waals surface area contributed by atoms with Crippen molar-refractivity contribution in [2.75, 3.05) is 6.54 Å². The van der Waals surface area contributed by atoms with Gasteiger partial charge in [0.25, 0.3) is 17.4 Å². The van der Waals surface area contributed by atoms with Gasteiger partial charge in [-0.1, -0.05) is 24.3 Å². The maximum Gasteiger partial charge on any atom is 0.265 e. The molecule has 31 heavy (non-hydrogen) atoms. The average molecular weight is 413 g/mol. The number of fused-ring (bicyclic) bond motifs is 2. The molecule has 0 atom stereocenters. The number of carbonyl (C=O) groups excluding carboxylic acids is 2. The van der Waals surface area contributed by atoms with Crippen LogP contribution < -0.4 is 5.56 Å². The molecule has 7 heteroatoms. The number of aromatic nitrogens is 2. The molecule has 6 nitrogen and oxygen atoms in total. The van der Waals surface area contributed by atoms with Gasteiger partial charge in [-0.15, -0.1) is 0 Å². The second-order valence-corrected chi connectivity index (χ2v) is 7.22. The first kappa shape index (κ1) is 18.9. The van der Waals surface area contributed by atoms with Crippen LogP contribution in [0.2, 0.25) is 0 Å². The highest BCUT2D eigenvalue weighted by molar-refractivity contribution is 6.21. The number of nitrogens with zero attached hydrogens (tertiary/aromatic N) is 3. The van der Waals surface area contributed by atoms with Crippen LogP contribution in [0, 0.1) is 5.82 Å². The number of hydrogen-bond donors (Lipinski definition) is 0. The first-order chi connectivity index (χ1) is 15.0. The molecule has 1 aliphatic heterocycles. The lowest BCUT2D eigenvalue weighted by Crippen LogP contribution is -2.33. The topological polar surface area (TPSA) is 72.3 Å². The fraction of sp³-hybridized carbons (Fsp3) is 0.0833. The van der Waals surface area contributed by atoms with E-state index in [1.165, 1.54) is 33.7 Å². The normalized spacial score (nSPS) is 13.1. The molecule has 0 N–H and O–H groups in total. The van der Waals surface area contributed by atoms with Crippen molar-refractivity contribution < 1.29 is 14.0 Å². The summed E-state index contributed by atoms with van der Waals surface area (Å²) in [4.78, 5) is 44.4. The molecule has 0 radical (unpaired) electrons. The highest BCUT2D eigenvalue weighted by Crippen LogP contribution is 2.23. The number of hydrogen-bond acceptors (Lipinski definition) is 4. The summed E-state index contributed by atoms with van der Waals surface area (Å²) < 4.78 is 14.8. The first-order valence-electron chi connectivity index (χ1n) is 9.76. The van der Waals surface area contributed by atoms with E-state index >= 15 is 0 Å². The molecule has 1 aliphatic rings. The van der Waals surface area contributed by atoms with E-state index in [0.717, 1.165) is 0 Å². The summed E-state index contributed by atoms with van der Waals surface area (Å²) in [7, 11) is 0. The zero-order chi connectivity index (χ0) is 21.5. The van der Waals surface area contributed by atoms with Crippen molar-refractivity contribution in [3.8, 4) is 5.69 Å². The van der Waals surface area contributed by atoms with Gasteiger partial charge in [0.05, 0.1) is 27.7 Å². The van der Waals surface area contributed by atoms with Gasteiger partial charge in [-0.2, -0.15) is 0 Å². The molecule has 0 fully saturated rings. The molecule has 0 unspecified atom stereocenters. The smallest absolute Gasteiger partial charge is 0.265 e. The molecule has 2 heterocycles. The third-order valence-electron chi connectivity index (χ3n) is 5.37. The van der Waals surface area contributed by atoms with E-state index in [9.17, 15) is 18.8 Å². The minimum atomic E-state index is -0.418. The number of benzene rings is 3. The molecule has 4 aromatic rings. The fourth-order valence-electron chi connectivity index (χ4n) is 3.86. The average Bonchev–Trinajstić information content (AvgIpc) is 3.03. The minimum Gasteiger partial charge on any atom is -0.274 e. The van der Waals surface area contributed by atoms with E-state index in [2.05, 4.69) is 4.98 Å². The highest BCUT2D eigenvalue weighted by atomic mass is 19.1. The van der Waals surface area contributed by atoms with Crippen LogP contribution in [0.1, 0.15) is 26.5 Å². The lowest BCUT2D eigenvalue weighted by Gasteiger charge is -2.17. The Labute approximate surface area is 176 Å². The summed E-state index contributed by atoms with van der Waals surface area (Å²) in [5.74, 6) is -0.765. The molecule has 0 bridgehead atoms. The van der Waals surface area contributed by atoms with Crippen LogP contribution in [-0.4, -0.2) is 32.8 Å². The van der Waals surface area contributed by atoms with Gasteiger partial charge in [0.2, 0.25) is 0 Å². The monoisotopic (exact) mass is 413 g/mol. The quantitative estimate of drug-likeness (QED) is 0.481. The van der Waals surface area contributed by atoms with Crippen LogP contribution in [-0.2, 0) is 6.42 Å². The molecular formula is C24H16FN3O3. The van der Waals surface area contributed by atoms with E-state index in [4.69, 9.17) is 0 Å². The lowest BCUT2D eigenvalue weighted by atomic mass is 10.1.